The maximum atomic E-state index is 12.7. The standard InChI is InChI=1S/C18H22N6O/c25-18(15-3-4-16(21-13-15)22-7-1-2-8-22)24-11-9-23(10-12-24)17-14-19-5-6-20-17/h3-6,13-14H,1-2,7-12H2. The highest BCUT2D eigenvalue weighted by molar-refractivity contribution is 5.94. The fraction of sp³-hybridized carbons (Fsp3) is 0.444. The van der Waals surface area contributed by atoms with Gasteiger partial charge in [-0.2, -0.15) is 0 Å². The molecule has 2 aromatic heterocycles. The summed E-state index contributed by atoms with van der Waals surface area (Å²) in [5.41, 5.74) is 0.663. The van der Waals surface area contributed by atoms with Gasteiger partial charge in [-0.1, -0.05) is 0 Å². The van der Waals surface area contributed by atoms with Gasteiger partial charge in [0.05, 0.1) is 11.8 Å². The van der Waals surface area contributed by atoms with Gasteiger partial charge in [-0.3, -0.25) is 9.78 Å². The third-order valence-electron chi connectivity index (χ3n) is 4.87. The number of rotatable bonds is 3. The average Bonchev–Trinajstić information content (AvgIpc) is 3.23. The number of carbonyl (C=O) groups is 1. The highest BCUT2D eigenvalue weighted by Crippen LogP contribution is 2.19. The van der Waals surface area contributed by atoms with Gasteiger partial charge in [-0.05, 0) is 25.0 Å². The van der Waals surface area contributed by atoms with E-state index in [4.69, 9.17) is 0 Å². The van der Waals surface area contributed by atoms with Crippen molar-refractivity contribution in [3.8, 4) is 0 Å². The summed E-state index contributed by atoms with van der Waals surface area (Å²) in [6.45, 7) is 5.02. The van der Waals surface area contributed by atoms with E-state index >= 15 is 0 Å². The van der Waals surface area contributed by atoms with Gasteiger partial charge in [0, 0.05) is 57.9 Å². The Balaban J connectivity index is 1.37. The molecule has 0 radical (unpaired) electrons. The maximum Gasteiger partial charge on any atom is 0.255 e. The molecule has 4 rings (SSSR count). The van der Waals surface area contributed by atoms with Gasteiger partial charge >= 0.3 is 0 Å². The van der Waals surface area contributed by atoms with Crippen LogP contribution in [0.1, 0.15) is 23.2 Å². The van der Waals surface area contributed by atoms with Crippen LogP contribution in [0.2, 0.25) is 0 Å². The van der Waals surface area contributed by atoms with Crippen molar-refractivity contribution >= 4 is 17.5 Å². The van der Waals surface area contributed by atoms with E-state index in [-0.39, 0.29) is 5.91 Å². The number of aromatic nitrogens is 3. The minimum Gasteiger partial charge on any atom is -0.357 e. The van der Waals surface area contributed by atoms with Gasteiger partial charge in [0.2, 0.25) is 0 Å². The minimum atomic E-state index is 0.0549. The molecule has 2 aliphatic rings. The molecule has 0 aromatic carbocycles. The molecule has 0 bridgehead atoms. The van der Waals surface area contributed by atoms with Crippen molar-refractivity contribution in [2.24, 2.45) is 0 Å². The second-order valence-corrected chi connectivity index (χ2v) is 6.44. The van der Waals surface area contributed by atoms with E-state index in [0.717, 1.165) is 37.8 Å². The monoisotopic (exact) mass is 338 g/mol. The van der Waals surface area contributed by atoms with E-state index in [9.17, 15) is 4.79 Å². The summed E-state index contributed by atoms with van der Waals surface area (Å²) >= 11 is 0. The SMILES string of the molecule is O=C(c1ccc(N2CCCC2)nc1)N1CCN(c2cnccn2)CC1. The van der Waals surface area contributed by atoms with Gasteiger partial charge in [0.1, 0.15) is 11.6 Å². The lowest BCUT2D eigenvalue weighted by Crippen LogP contribution is -2.49. The summed E-state index contributed by atoms with van der Waals surface area (Å²) in [7, 11) is 0. The van der Waals surface area contributed by atoms with Crippen LogP contribution in [-0.2, 0) is 0 Å². The minimum absolute atomic E-state index is 0.0549. The van der Waals surface area contributed by atoms with E-state index in [2.05, 4.69) is 24.8 Å². The lowest BCUT2D eigenvalue weighted by molar-refractivity contribution is 0.0746. The van der Waals surface area contributed by atoms with Crippen LogP contribution in [0.15, 0.2) is 36.9 Å². The Labute approximate surface area is 147 Å². The third-order valence-corrected chi connectivity index (χ3v) is 4.87. The number of nitrogens with zero attached hydrogens (tertiary/aromatic N) is 6. The van der Waals surface area contributed by atoms with E-state index < -0.39 is 0 Å². The molecule has 0 unspecified atom stereocenters. The van der Waals surface area contributed by atoms with Crippen molar-refractivity contribution in [3.63, 3.8) is 0 Å². The van der Waals surface area contributed by atoms with Crippen molar-refractivity contribution in [1.29, 1.82) is 0 Å². The number of anilines is 2. The molecule has 1 amide bonds. The van der Waals surface area contributed by atoms with Crippen LogP contribution in [0.5, 0.6) is 0 Å². The van der Waals surface area contributed by atoms with Crippen molar-refractivity contribution in [1.82, 2.24) is 19.9 Å². The quantitative estimate of drug-likeness (QED) is 0.844. The summed E-state index contributed by atoms with van der Waals surface area (Å²) in [5.74, 6) is 1.90. The van der Waals surface area contributed by atoms with Crippen LogP contribution in [0.3, 0.4) is 0 Å². The Hall–Kier alpha value is -2.70. The molecule has 0 aliphatic carbocycles. The molecule has 0 spiro atoms. The van der Waals surface area contributed by atoms with E-state index in [0.29, 0.717) is 18.7 Å². The smallest absolute Gasteiger partial charge is 0.255 e. The van der Waals surface area contributed by atoms with E-state index in [1.54, 1.807) is 24.8 Å². The molecule has 2 aromatic rings. The zero-order valence-electron chi connectivity index (χ0n) is 14.2. The normalized spacial score (nSPS) is 17.8. The first-order chi connectivity index (χ1) is 12.3. The lowest BCUT2D eigenvalue weighted by Gasteiger charge is -2.35. The topological polar surface area (TPSA) is 65.5 Å². The Morgan fingerprint density at radius 2 is 1.56 bits per heavy atom. The number of carbonyl (C=O) groups excluding carboxylic acids is 1. The molecule has 4 heterocycles. The van der Waals surface area contributed by atoms with Gasteiger partial charge in [0.15, 0.2) is 0 Å². The van der Waals surface area contributed by atoms with Gasteiger partial charge < -0.3 is 14.7 Å². The first-order valence-electron chi connectivity index (χ1n) is 8.82. The fourth-order valence-corrected chi connectivity index (χ4v) is 3.42. The zero-order chi connectivity index (χ0) is 17.1. The van der Waals surface area contributed by atoms with Crippen molar-refractivity contribution in [3.05, 3.63) is 42.5 Å². The summed E-state index contributed by atoms with van der Waals surface area (Å²) in [5, 5.41) is 0. The lowest BCUT2D eigenvalue weighted by atomic mass is 10.2. The van der Waals surface area contributed by atoms with Crippen LogP contribution in [0.25, 0.3) is 0 Å². The highest BCUT2D eigenvalue weighted by atomic mass is 16.2. The number of hydrogen-bond donors (Lipinski definition) is 0. The Morgan fingerprint density at radius 1 is 0.800 bits per heavy atom. The molecule has 7 heteroatoms. The largest absolute Gasteiger partial charge is 0.357 e. The molecule has 25 heavy (non-hydrogen) atoms. The van der Waals surface area contributed by atoms with Gasteiger partial charge in [-0.15, -0.1) is 0 Å². The molecule has 2 saturated heterocycles. The molecule has 130 valence electrons. The summed E-state index contributed by atoms with van der Waals surface area (Å²) in [6.07, 6.45) is 9.28. The van der Waals surface area contributed by atoms with Crippen LogP contribution in [-0.4, -0.2) is 65.0 Å². The zero-order valence-corrected chi connectivity index (χ0v) is 14.2. The second-order valence-electron chi connectivity index (χ2n) is 6.44. The first kappa shape index (κ1) is 15.8. The van der Waals surface area contributed by atoms with Crippen LogP contribution >= 0.6 is 0 Å². The summed E-state index contributed by atoms with van der Waals surface area (Å²) in [6, 6.07) is 3.87. The summed E-state index contributed by atoms with van der Waals surface area (Å²) in [4.78, 5) is 31.9. The molecular weight excluding hydrogens is 316 g/mol. The van der Waals surface area contributed by atoms with Crippen LogP contribution in [0, 0.1) is 0 Å². The predicted molar refractivity (Wildman–Crippen MR) is 95.8 cm³/mol. The molecule has 7 nitrogen and oxygen atoms in total. The predicted octanol–water partition coefficient (Wildman–Crippen LogP) is 1.43. The Bertz CT molecular complexity index is 706. The van der Waals surface area contributed by atoms with Crippen molar-refractivity contribution in [2.75, 3.05) is 49.1 Å². The molecular formula is C18H22N6O. The Morgan fingerprint density at radius 3 is 2.20 bits per heavy atom. The third kappa shape index (κ3) is 3.40. The number of hydrogen-bond acceptors (Lipinski definition) is 6. The highest BCUT2D eigenvalue weighted by Gasteiger charge is 2.23. The molecule has 2 aliphatic heterocycles. The number of pyridine rings is 1. The fourth-order valence-electron chi connectivity index (χ4n) is 3.42. The van der Waals surface area contributed by atoms with Crippen molar-refractivity contribution < 1.29 is 4.79 Å². The first-order valence-corrected chi connectivity index (χ1v) is 8.82. The number of amides is 1. The molecule has 0 saturated carbocycles. The van der Waals surface area contributed by atoms with E-state index in [1.165, 1.54) is 12.8 Å². The molecule has 2 fully saturated rings. The molecule has 0 N–H and O–H groups in total. The van der Waals surface area contributed by atoms with Crippen LogP contribution < -0.4 is 9.80 Å². The van der Waals surface area contributed by atoms with Crippen molar-refractivity contribution in [2.45, 2.75) is 12.8 Å². The Kier molecular flexibility index (Phi) is 4.45. The summed E-state index contributed by atoms with van der Waals surface area (Å²) < 4.78 is 0. The molecule has 0 atom stereocenters. The average molecular weight is 338 g/mol. The van der Waals surface area contributed by atoms with E-state index in [1.807, 2.05) is 17.0 Å². The van der Waals surface area contributed by atoms with Gasteiger partial charge in [0.25, 0.3) is 5.91 Å². The van der Waals surface area contributed by atoms with Crippen LogP contribution in [0.4, 0.5) is 11.6 Å². The van der Waals surface area contributed by atoms with Gasteiger partial charge in [-0.25, -0.2) is 9.97 Å². The maximum absolute atomic E-state index is 12.7. The second kappa shape index (κ2) is 7.04. The number of piperazine rings is 1.